The number of Topliss-reactive ketones (excluding diaryl/α,β-unsaturated/α-hetero) is 1. The van der Waals surface area contributed by atoms with Crippen LogP contribution in [-0.4, -0.2) is 29.0 Å². The third-order valence-electron chi connectivity index (χ3n) is 2.68. The number of aromatic nitrogens is 1. The summed E-state index contributed by atoms with van der Waals surface area (Å²) in [4.78, 5) is 26.3. The molecule has 5 nitrogen and oxygen atoms in total. The van der Waals surface area contributed by atoms with Gasteiger partial charge in [-0.2, -0.15) is 0 Å². The van der Waals surface area contributed by atoms with Crippen LogP contribution < -0.4 is 5.32 Å². The highest BCUT2D eigenvalue weighted by molar-refractivity contribution is 7.71. The number of alkyl carbamates (subject to hydrolysis) is 1. The first-order chi connectivity index (χ1) is 9.69. The SMILES string of the molecule is Cc1cc(=S)[nH]cc1C(=O)CCCNC(=O)OC(C)(C)C. The highest BCUT2D eigenvalue weighted by atomic mass is 32.1. The van der Waals surface area contributed by atoms with Gasteiger partial charge < -0.3 is 15.0 Å². The molecule has 1 heterocycles. The maximum atomic E-state index is 12.1. The van der Waals surface area contributed by atoms with Crippen LogP contribution in [0.2, 0.25) is 0 Å². The van der Waals surface area contributed by atoms with Crippen molar-refractivity contribution in [3.05, 3.63) is 28.0 Å². The number of aromatic amines is 1. The molecular weight excluding hydrogens is 288 g/mol. The summed E-state index contributed by atoms with van der Waals surface area (Å²) in [5.74, 6) is 0.0322. The number of carbonyl (C=O) groups excluding carboxylic acids is 2. The molecule has 2 N–H and O–H groups in total. The van der Waals surface area contributed by atoms with E-state index in [0.29, 0.717) is 29.6 Å². The third kappa shape index (κ3) is 6.53. The molecule has 0 radical (unpaired) electrons. The fraction of sp³-hybridized carbons (Fsp3) is 0.533. The fourth-order valence-corrected chi connectivity index (χ4v) is 2.00. The van der Waals surface area contributed by atoms with Gasteiger partial charge in [-0.1, -0.05) is 12.2 Å². The zero-order valence-corrected chi connectivity index (χ0v) is 13.7. The molecule has 1 aromatic rings. The van der Waals surface area contributed by atoms with E-state index in [9.17, 15) is 9.59 Å². The molecule has 0 saturated carbocycles. The monoisotopic (exact) mass is 310 g/mol. The van der Waals surface area contributed by atoms with Crippen LogP contribution in [0, 0.1) is 11.6 Å². The zero-order valence-electron chi connectivity index (χ0n) is 12.9. The summed E-state index contributed by atoms with van der Waals surface area (Å²) in [7, 11) is 0. The summed E-state index contributed by atoms with van der Waals surface area (Å²) in [6, 6.07) is 1.77. The van der Waals surface area contributed by atoms with Gasteiger partial charge in [0, 0.05) is 24.7 Å². The van der Waals surface area contributed by atoms with Gasteiger partial charge in [-0.25, -0.2) is 4.79 Å². The number of ether oxygens (including phenoxy) is 1. The van der Waals surface area contributed by atoms with Crippen LogP contribution in [-0.2, 0) is 4.74 Å². The number of nitrogens with one attached hydrogen (secondary N) is 2. The summed E-state index contributed by atoms with van der Waals surface area (Å²) in [6.07, 6.45) is 2.10. The molecule has 0 aliphatic rings. The smallest absolute Gasteiger partial charge is 0.407 e. The number of hydrogen-bond acceptors (Lipinski definition) is 4. The largest absolute Gasteiger partial charge is 0.444 e. The van der Waals surface area contributed by atoms with E-state index in [0.717, 1.165) is 5.56 Å². The van der Waals surface area contributed by atoms with Crippen molar-refractivity contribution in [1.82, 2.24) is 10.3 Å². The van der Waals surface area contributed by atoms with E-state index >= 15 is 0 Å². The van der Waals surface area contributed by atoms with Crippen molar-refractivity contribution >= 4 is 24.1 Å². The molecular formula is C15H22N2O3S. The number of rotatable bonds is 5. The molecule has 0 aliphatic heterocycles. The van der Waals surface area contributed by atoms with E-state index in [1.54, 1.807) is 33.0 Å². The minimum atomic E-state index is -0.515. The minimum Gasteiger partial charge on any atom is -0.444 e. The molecule has 1 amide bonds. The number of ketones is 1. The quantitative estimate of drug-likeness (QED) is 0.496. The predicted molar refractivity (Wildman–Crippen MR) is 84.2 cm³/mol. The number of aryl methyl sites for hydroxylation is 1. The molecule has 1 rings (SSSR count). The van der Waals surface area contributed by atoms with E-state index < -0.39 is 11.7 Å². The van der Waals surface area contributed by atoms with Crippen LogP contribution in [0.5, 0.6) is 0 Å². The first-order valence-electron chi connectivity index (χ1n) is 6.88. The molecule has 0 saturated heterocycles. The number of pyridine rings is 1. The Bertz CT molecular complexity index is 573. The van der Waals surface area contributed by atoms with Crippen molar-refractivity contribution in [1.29, 1.82) is 0 Å². The molecule has 21 heavy (non-hydrogen) atoms. The molecule has 6 heteroatoms. The molecule has 116 valence electrons. The van der Waals surface area contributed by atoms with Gasteiger partial charge in [-0.3, -0.25) is 4.79 Å². The molecule has 1 aromatic heterocycles. The first kappa shape index (κ1) is 17.4. The molecule has 0 unspecified atom stereocenters. The van der Waals surface area contributed by atoms with Crippen LogP contribution in [0.1, 0.15) is 49.5 Å². The molecule has 0 atom stereocenters. The van der Waals surface area contributed by atoms with Crippen LogP contribution in [0.3, 0.4) is 0 Å². The third-order valence-corrected chi connectivity index (χ3v) is 2.92. The Hall–Kier alpha value is -1.69. The highest BCUT2D eigenvalue weighted by Gasteiger charge is 2.15. The van der Waals surface area contributed by atoms with Gasteiger partial charge in [-0.15, -0.1) is 0 Å². The summed E-state index contributed by atoms with van der Waals surface area (Å²) in [6.45, 7) is 7.67. The fourth-order valence-electron chi connectivity index (χ4n) is 1.76. The summed E-state index contributed by atoms with van der Waals surface area (Å²) >= 11 is 5.00. The Labute approximate surface area is 130 Å². The summed E-state index contributed by atoms with van der Waals surface area (Å²) < 4.78 is 5.72. The summed E-state index contributed by atoms with van der Waals surface area (Å²) in [5.41, 5.74) is 0.989. The van der Waals surface area contributed by atoms with Crippen LogP contribution in [0.4, 0.5) is 4.79 Å². The maximum Gasteiger partial charge on any atom is 0.407 e. The summed E-state index contributed by atoms with van der Waals surface area (Å²) in [5, 5.41) is 2.63. The van der Waals surface area contributed by atoms with Crippen LogP contribution in [0.25, 0.3) is 0 Å². The van der Waals surface area contributed by atoms with Gasteiger partial charge in [0.1, 0.15) is 10.2 Å². The Morgan fingerprint density at radius 2 is 2.05 bits per heavy atom. The second-order valence-electron chi connectivity index (χ2n) is 5.85. The van der Waals surface area contributed by atoms with Gasteiger partial charge in [-0.05, 0) is 45.7 Å². The second-order valence-corrected chi connectivity index (χ2v) is 6.29. The van der Waals surface area contributed by atoms with Crippen LogP contribution >= 0.6 is 12.2 Å². The van der Waals surface area contributed by atoms with Gasteiger partial charge >= 0.3 is 6.09 Å². The van der Waals surface area contributed by atoms with Gasteiger partial charge in [0.15, 0.2) is 5.78 Å². The van der Waals surface area contributed by atoms with Gasteiger partial charge in [0.2, 0.25) is 0 Å². The maximum absolute atomic E-state index is 12.1. The Morgan fingerprint density at radius 3 is 2.62 bits per heavy atom. The average Bonchev–Trinajstić information content (AvgIpc) is 2.32. The van der Waals surface area contributed by atoms with E-state index in [4.69, 9.17) is 17.0 Å². The van der Waals surface area contributed by atoms with Crippen molar-refractivity contribution in [2.45, 2.75) is 46.1 Å². The lowest BCUT2D eigenvalue weighted by Crippen LogP contribution is -2.33. The van der Waals surface area contributed by atoms with Crippen molar-refractivity contribution in [2.24, 2.45) is 0 Å². The van der Waals surface area contributed by atoms with Crippen molar-refractivity contribution < 1.29 is 14.3 Å². The number of H-pyrrole nitrogens is 1. The molecule has 0 bridgehead atoms. The zero-order chi connectivity index (χ0) is 16.0. The average molecular weight is 310 g/mol. The second kappa shape index (κ2) is 7.36. The van der Waals surface area contributed by atoms with Gasteiger partial charge in [0.25, 0.3) is 0 Å². The van der Waals surface area contributed by atoms with Crippen molar-refractivity contribution in [3.8, 4) is 0 Å². The lowest BCUT2D eigenvalue weighted by molar-refractivity contribution is 0.0525. The number of carbonyl (C=O) groups is 2. The Morgan fingerprint density at radius 1 is 1.38 bits per heavy atom. The van der Waals surface area contributed by atoms with Gasteiger partial charge in [0.05, 0.1) is 0 Å². The molecule has 0 spiro atoms. The molecule has 0 aromatic carbocycles. The topological polar surface area (TPSA) is 71.2 Å². The minimum absolute atomic E-state index is 0.0322. The first-order valence-corrected chi connectivity index (χ1v) is 7.29. The number of hydrogen-bond donors (Lipinski definition) is 2. The predicted octanol–water partition coefficient (Wildman–Crippen LogP) is 3.54. The highest BCUT2D eigenvalue weighted by Crippen LogP contribution is 2.10. The molecule has 0 fully saturated rings. The van der Waals surface area contributed by atoms with E-state index in [2.05, 4.69) is 10.3 Å². The standard InChI is InChI=1S/C15H22N2O3S/c1-10-8-13(21)17-9-11(10)12(18)6-5-7-16-14(19)20-15(2,3)4/h8-9H,5-7H2,1-4H3,(H,16,19)(H,17,21). The van der Waals surface area contributed by atoms with Crippen molar-refractivity contribution in [3.63, 3.8) is 0 Å². The van der Waals surface area contributed by atoms with E-state index in [1.165, 1.54) is 0 Å². The van der Waals surface area contributed by atoms with Crippen molar-refractivity contribution in [2.75, 3.05) is 6.54 Å². The Balaban J connectivity index is 2.37. The van der Waals surface area contributed by atoms with E-state index in [1.807, 2.05) is 6.92 Å². The lowest BCUT2D eigenvalue weighted by atomic mass is 10.0. The molecule has 0 aliphatic carbocycles. The lowest BCUT2D eigenvalue weighted by Gasteiger charge is -2.19. The van der Waals surface area contributed by atoms with Crippen LogP contribution in [0.15, 0.2) is 12.3 Å². The normalized spacial score (nSPS) is 11.0. The number of amides is 1. The Kier molecular flexibility index (Phi) is 6.08. The van der Waals surface area contributed by atoms with E-state index in [-0.39, 0.29) is 5.78 Å².